The molecule has 2 aromatic carbocycles. The second-order valence-corrected chi connectivity index (χ2v) is 28.1. The molecule has 2 aromatic heterocycles. The summed E-state index contributed by atoms with van der Waals surface area (Å²) in [6.07, 6.45) is 17.8. The number of methoxy groups -OCH3 is 1. The number of rotatable bonds is 21. The van der Waals surface area contributed by atoms with Gasteiger partial charge in [-0.2, -0.15) is 0 Å². The molecule has 7 heterocycles. The van der Waals surface area contributed by atoms with Crippen LogP contribution in [-0.4, -0.2) is 151 Å². The fourth-order valence-electron chi connectivity index (χ4n) is 17.2. The number of pyridine rings is 1. The number of hydrogen-bond acceptors (Lipinski definition) is 11. The van der Waals surface area contributed by atoms with E-state index in [0.29, 0.717) is 61.9 Å². The molecule has 13 rings (SSSR count). The standard InChI is InChI=1S/C68H92FN9O6/c1-6-77-58-19-18-49(33-53(58)55(35-66(3,4)42-84-43-79)62(77)54-34-52(38-70-60(54)44(2)83-5)74-28-27-73-23-11-9-15-51(73)39-74)50-30-45(29-46(31-50)37-69)32-57(64(81)78-24-12-10-22-71-78)72-63(80)61(48-13-7-8-14-48)75-25-20-67(40-75)21-26-76(41-67)65(82)68-36-56(68)59(68)47-16-17-47/h18-19,29-31,33-34,38,43-44,47-48,51,56-57,59,61,71H,6-17,20-28,32,35-37,39-42H2,1-5H3,(H,72,80)/t44-,51+,56?,57-,59?,61-,67-,68?/m0/s1. The van der Waals surface area contributed by atoms with E-state index in [9.17, 15) is 14.4 Å². The minimum Gasteiger partial charge on any atom is -0.467 e. The third kappa shape index (κ3) is 11.0. The second kappa shape index (κ2) is 23.4. The van der Waals surface area contributed by atoms with E-state index in [0.717, 1.165) is 165 Å². The van der Waals surface area contributed by atoms with Gasteiger partial charge in [-0.05, 0) is 180 Å². The van der Waals surface area contributed by atoms with Crippen LogP contribution in [0.5, 0.6) is 0 Å². The number of piperidine rings is 1. The average Bonchev–Trinajstić information content (AvgIpc) is 1.46. The van der Waals surface area contributed by atoms with Crippen LogP contribution in [0.1, 0.15) is 146 Å². The fourth-order valence-corrected chi connectivity index (χ4v) is 17.2. The highest BCUT2D eigenvalue weighted by Gasteiger charge is 2.85. The Kier molecular flexibility index (Phi) is 16.0. The largest absolute Gasteiger partial charge is 0.467 e. The first-order valence-electron chi connectivity index (χ1n) is 32.5. The van der Waals surface area contributed by atoms with Crippen LogP contribution in [0, 0.1) is 39.9 Å². The third-order valence-corrected chi connectivity index (χ3v) is 22.0. The fraction of sp³-hybridized carbons (Fsp3) is 0.662. The summed E-state index contributed by atoms with van der Waals surface area (Å²) >= 11 is 0. The Balaban J connectivity index is 0.820. The van der Waals surface area contributed by atoms with Crippen LogP contribution in [0.25, 0.3) is 33.3 Å². The van der Waals surface area contributed by atoms with E-state index < -0.39 is 18.1 Å². The first-order valence-corrected chi connectivity index (χ1v) is 32.5. The summed E-state index contributed by atoms with van der Waals surface area (Å²) < 4.78 is 29.3. The number of aromatic nitrogens is 2. The van der Waals surface area contributed by atoms with Gasteiger partial charge in [0.15, 0.2) is 0 Å². The van der Waals surface area contributed by atoms with Gasteiger partial charge in [0.05, 0.1) is 47.4 Å². The third-order valence-electron chi connectivity index (χ3n) is 22.0. The van der Waals surface area contributed by atoms with E-state index in [1.165, 1.54) is 38.6 Å². The lowest BCUT2D eigenvalue weighted by molar-refractivity contribution is -0.141. The number of halogens is 1. The summed E-state index contributed by atoms with van der Waals surface area (Å²) in [5.74, 6) is 2.38. The van der Waals surface area contributed by atoms with E-state index in [1.54, 1.807) is 12.1 Å². The van der Waals surface area contributed by atoms with E-state index in [4.69, 9.17) is 14.5 Å². The SMILES string of the molecule is CCn1c(-c2cc(N3CCN4CCCC[C@@H]4C3)cnc2[C@H](C)OC)c(CC(C)(C)COC=O)c2cc(-c3cc(CF)cc(C[C@H](NC(=O)[C@H](C4CCCC4)N4CC[C@]5(CCN(C(=O)C67CC6C7C6CC6)C5)C4)C(=O)N4CCCCN4)c3)ccc21. The summed E-state index contributed by atoms with van der Waals surface area (Å²) in [6, 6.07) is 14.0. The van der Waals surface area contributed by atoms with Crippen LogP contribution in [0.4, 0.5) is 10.1 Å². The van der Waals surface area contributed by atoms with Gasteiger partial charge in [-0.1, -0.05) is 51.3 Å². The zero-order chi connectivity index (χ0) is 58.1. The summed E-state index contributed by atoms with van der Waals surface area (Å²) in [4.78, 5) is 71.1. The molecule has 84 heavy (non-hydrogen) atoms. The molecule has 3 amide bonds. The number of piperazine rings is 1. The molecule has 3 unspecified atom stereocenters. The Morgan fingerprint density at radius 1 is 0.905 bits per heavy atom. The van der Waals surface area contributed by atoms with Crippen LogP contribution in [0.3, 0.4) is 0 Å². The number of carbonyl (C=O) groups is 4. The molecular formula is C68H92FN9O6. The Morgan fingerprint density at radius 3 is 2.45 bits per heavy atom. The van der Waals surface area contributed by atoms with Crippen molar-refractivity contribution in [2.24, 2.45) is 39.9 Å². The molecule has 5 saturated heterocycles. The van der Waals surface area contributed by atoms with E-state index in [1.807, 2.05) is 18.3 Å². The lowest BCUT2D eigenvalue weighted by atomic mass is 9.84. The van der Waals surface area contributed by atoms with Gasteiger partial charge in [-0.15, -0.1) is 0 Å². The number of benzene rings is 2. The summed E-state index contributed by atoms with van der Waals surface area (Å²) in [5.41, 5.74) is 12.0. The van der Waals surface area contributed by atoms with E-state index in [-0.39, 0.29) is 53.7 Å². The number of likely N-dealkylation sites (tertiary alicyclic amines) is 2. The van der Waals surface area contributed by atoms with Crippen molar-refractivity contribution in [3.05, 3.63) is 71.0 Å². The van der Waals surface area contributed by atoms with Crippen LogP contribution >= 0.6 is 0 Å². The molecule has 4 saturated carbocycles. The van der Waals surface area contributed by atoms with Crippen molar-refractivity contribution >= 4 is 40.8 Å². The highest BCUT2D eigenvalue weighted by Crippen LogP contribution is 2.85. The number of alkyl halides is 1. The zero-order valence-electron chi connectivity index (χ0n) is 50.8. The maximum Gasteiger partial charge on any atom is 0.293 e. The number of anilines is 1. The number of nitrogens with zero attached hydrogens (tertiary/aromatic N) is 7. The lowest BCUT2D eigenvalue weighted by Crippen LogP contribution is -2.59. The number of hydrogen-bond donors (Lipinski definition) is 2. The van der Waals surface area contributed by atoms with Crippen molar-refractivity contribution < 1.29 is 33.0 Å². The number of carbonyl (C=O) groups excluding carboxylic acids is 4. The van der Waals surface area contributed by atoms with Gasteiger partial charge in [-0.3, -0.25) is 39.0 Å². The van der Waals surface area contributed by atoms with Crippen LogP contribution in [0.2, 0.25) is 0 Å². The second-order valence-electron chi connectivity index (χ2n) is 28.1. The van der Waals surface area contributed by atoms with Gasteiger partial charge in [-0.25, -0.2) is 9.82 Å². The van der Waals surface area contributed by atoms with Crippen LogP contribution < -0.4 is 15.6 Å². The van der Waals surface area contributed by atoms with Crippen molar-refractivity contribution in [3.63, 3.8) is 0 Å². The minimum atomic E-state index is -0.889. The van der Waals surface area contributed by atoms with Crippen LogP contribution in [-0.2, 0) is 54.7 Å². The normalized spacial score (nSPS) is 27.5. The molecule has 0 radical (unpaired) electrons. The van der Waals surface area contributed by atoms with Crippen molar-refractivity contribution in [1.29, 1.82) is 0 Å². The van der Waals surface area contributed by atoms with Gasteiger partial charge in [0.25, 0.3) is 12.4 Å². The molecule has 1 spiro atoms. The number of nitrogens with one attached hydrogen (secondary N) is 2. The molecule has 452 valence electrons. The van der Waals surface area contributed by atoms with Gasteiger partial charge >= 0.3 is 0 Å². The maximum absolute atomic E-state index is 15.4. The number of ether oxygens (including phenoxy) is 2. The Labute approximate surface area is 497 Å². The summed E-state index contributed by atoms with van der Waals surface area (Å²) in [7, 11) is 1.73. The molecule has 8 atom stereocenters. The van der Waals surface area contributed by atoms with Gasteiger partial charge in [0.2, 0.25) is 11.8 Å². The summed E-state index contributed by atoms with van der Waals surface area (Å²) in [6.45, 7) is 17.7. The molecule has 15 nitrogen and oxygen atoms in total. The van der Waals surface area contributed by atoms with Gasteiger partial charge in [0.1, 0.15) is 12.7 Å². The lowest BCUT2D eigenvalue weighted by Gasteiger charge is -2.45. The predicted octanol–water partition coefficient (Wildman–Crippen LogP) is 9.67. The van der Waals surface area contributed by atoms with Gasteiger partial charge in [0, 0.05) is 106 Å². The van der Waals surface area contributed by atoms with Crippen molar-refractivity contribution in [1.82, 2.24) is 40.0 Å². The molecule has 0 bridgehead atoms. The topological polar surface area (TPSA) is 145 Å². The molecule has 5 aliphatic heterocycles. The molecule has 4 aliphatic carbocycles. The van der Waals surface area contributed by atoms with Crippen LogP contribution in [0.15, 0.2) is 48.7 Å². The molecule has 16 heteroatoms. The highest BCUT2D eigenvalue weighted by molar-refractivity contribution is 5.96. The Bertz CT molecular complexity index is 3130. The zero-order valence-corrected chi connectivity index (χ0v) is 50.8. The average molecular weight is 1150 g/mol. The van der Waals surface area contributed by atoms with E-state index in [2.05, 4.69) is 92.9 Å². The first kappa shape index (κ1) is 57.6. The van der Waals surface area contributed by atoms with Crippen molar-refractivity contribution in [3.8, 4) is 22.4 Å². The van der Waals surface area contributed by atoms with E-state index >= 15 is 9.18 Å². The van der Waals surface area contributed by atoms with Crippen molar-refractivity contribution in [2.45, 2.75) is 168 Å². The molecule has 9 fully saturated rings. The number of amides is 3. The maximum atomic E-state index is 15.4. The molecular weight excluding hydrogens is 1060 g/mol. The van der Waals surface area contributed by atoms with Crippen molar-refractivity contribution in [2.75, 3.05) is 84.1 Å². The molecule has 9 aliphatic rings. The Morgan fingerprint density at radius 2 is 1.70 bits per heavy atom. The quantitative estimate of drug-likeness (QED) is 0.0770. The number of aryl methyl sites for hydroxylation is 1. The van der Waals surface area contributed by atoms with Gasteiger partial charge < -0.3 is 29.2 Å². The number of fused-ring (bicyclic) bond motifs is 3. The Hall–Kier alpha value is -5.42. The predicted molar refractivity (Wildman–Crippen MR) is 324 cm³/mol. The number of hydrazine groups is 1. The summed E-state index contributed by atoms with van der Waals surface area (Å²) in [5, 5.41) is 6.14. The molecule has 2 N–H and O–H groups in total. The smallest absolute Gasteiger partial charge is 0.293 e. The molecule has 4 aromatic rings. The minimum absolute atomic E-state index is 0.0161. The first-order chi connectivity index (χ1) is 40.7. The highest BCUT2D eigenvalue weighted by atomic mass is 19.1. The monoisotopic (exact) mass is 1150 g/mol.